The van der Waals surface area contributed by atoms with Gasteiger partial charge in [0.15, 0.2) is 0 Å². The molecule has 0 aliphatic rings. The highest BCUT2D eigenvalue weighted by atomic mass is 35.5. The number of nitrogens with zero attached hydrogens (tertiary/aromatic N) is 1. The number of unbranched alkanes of at least 4 members (excludes halogenated alkanes) is 1. The minimum atomic E-state index is -0.0297. The van der Waals surface area contributed by atoms with Crippen LogP contribution in [-0.2, 0) is 6.54 Å². The highest BCUT2D eigenvalue weighted by molar-refractivity contribution is 7.16. The zero-order chi connectivity index (χ0) is 12.0. The largest absolute Gasteiger partial charge is 0.338 e. The molecule has 0 aliphatic heterocycles. The lowest BCUT2D eigenvalue weighted by atomic mass is 10.3. The normalized spacial score (nSPS) is 10.2. The fourth-order valence-corrected chi connectivity index (χ4v) is 2.39. The average Bonchev–Trinajstić information content (AvgIpc) is 2.64. The summed E-state index contributed by atoms with van der Waals surface area (Å²) in [7, 11) is 1.79. The second kappa shape index (κ2) is 6.76. The Labute approximate surface area is 105 Å². The van der Waals surface area contributed by atoms with Crippen molar-refractivity contribution in [3.05, 3.63) is 21.3 Å². The number of thiophene rings is 1. The van der Waals surface area contributed by atoms with E-state index in [1.807, 2.05) is 12.1 Å². The van der Waals surface area contributed by atoms with Gasteiger partial charge >= 0.3 is 6.03 Å². The Morgan fingerprint density at radius 1 is 1.56 bits per heavy atom. The van der Waals surface area contributed by atoms with E-state index in [1.54, 1.807) is 11.9 Å². The number of halogens is 1. The molecule has 1 N–H and O–H groups in total. The Kier molecular flexibility index (Phi) is 5.63. The summed E-state index contributed by atoms with van der Waals surface area (Å²) in [6.45, 7) is 3.45. The molecule has 1 heterocycles. The van der Waals surface area contributed by atoms with E-state index in [1.165, 1.54) is 11.3 Å². The maximum Gasteiger partial charge on any atom is 0.317 e. The number of amides is 2. The zero-order valence-corrected chi connectivity index (χ0v) is 11.2. The summed E-state index contributed by atoms with van der Waals surface area (Å²) >= 11 is 7.33. The summed E-state index contributed by atoms with van der Waals surface area (Å²) in [6, 6.07) is 3.77. The molecule has 16 heavy (non-hydrogen) atoms. The van der Waals surface area contributed by atoms with Crippen LogP contribution >= 0.6 is 22.9 Å². The van der Waals surface area contributed by atoms with E-state index < -0.39 is 0 Å². The van der Waals surface area contributed by atoms with Crippen molar-refractivity contribution in [3.63, 3.8) is 0 Å². The van der Waals surface area contributed by atoms with E-state index in [4.69, 9.17) is 11.6 Å². The first-order valence-corrected chi connectivity index (χ1v) is 6.56. The number of carbonyl (C=O) groups is 1. The van der Waals surface area contributed by atoms with Crippen LogP contribution in [0.5, 0.6) is 0 Å². The van der Waals surface area contributed by atoms with E-state index in [0.29, 0.717) is 6.54 Å². The molecule has 0 fully saturated rings. The van der Waals surface area contributed by atoms with Crippen LogP contribution in [0.25, 0.3) is 0 Å². The first kappa shape index (κ1) is 13.3. The van der Waals surface area contributed by atoms with Gasteiger partial charge in [0.25, 0.3) is 0 Å². The predicted octanol–water partition coefficient (Wildman–Crippen LogP) is 3.34. The number of carbonyl (C=O) groups excluding carboxylic acids is 1. The molecule has 1 aromatic heterocycles. The van der Waals surface area contributed by atoms with Crippen LogP contribution in [0.4, 0.5) is 4.79 Å². The summed E-state index contributed by atoms with van der Waals surface area (Å²) in [6.07, 6.45) is 2.11. The molecule has 0 aromatic carbocycles. The molecule has 0 unspecified atom stereocenters. The molecule has 0 spiro atoms. The number of hydrogen-bond acceptors (Lipinski definition) is 2. The van der Waals surface area contributed by atoms with Gasteiger partial charge in [0.2, 0.25) is 0 Å². The molecule has 2 amide bonds. The molecule has 1 rings (SSSR count). The number of urea groups is 1. The van der Waals surface area contributed by atoms with Gasteiger partial charge in [-0.2, -0.15) is 0 Å². The van der Waals surface area contributed by atoms with E-state index in [0.717, 1.165) is 28.6 Å². The van der Waals surface area contributed by atoms with Crippen molar-refractivity contribution < 1.29 is 4.79 Å². The van der Waals surface area contributed by atoms with Crippen LogP contribution < -0.4 is 5.32 Å². The van der Waals surface area contributed by atoms with Gasteiger partial charge in [0, 0.05) is 18.5 Å². The van der Waals surface area contributed by atoms with Gasteiger partial charge in [-0.25, -0.2) is 4.79 Å². The molecule has 3 nitrogen and oxygen atoms in total. The second-order valence-corrected chi connectivity index (χ2v) is 5.45. The highest BCUT2D eigenvalue weighted by Crippen LogP contribution is 2.22. The zero-order valence-electron chi connectivity index (χ0n) is 9.62. The van der Waals surface area contributed by atoms with Crippen LogP contribution in [0.15, 0.2) is 12.1 Å². The van der Waals surface area contributed by atoms with Crippen molar-refractivity contribution in [1.29, 1.82) is 0 Å². The molecule has 0 saturated heterocycles. The van der Waals surface area contributed by atoms with Gasteiger partial charge < -0.3 is 10.2 Å². The van der Waals surface area contributed by atoms with Gasteiger partial charge in [0.05, 0.1) is 10.9 Å². The molecule has 1 aromatic rings. The van der Waals surface area contributed by atoms with Crippen molar-refractivity contribution in [1.82, 2.24) is 10.2 Å². The van der Waals surface area contributed by atoms with Crippen LogP contribution in [0.3, 0.4) is 0 Å². The topological polar surface area (TPSA) is 32.3 Å². The molecule has 5 heteroatoms. The first-order chi connectivity index (χ1) is 7.63. The molecule has 0 atom stereocenters. The quantitative estimate of drug-likeness (QED) is 0.809. The standard InChI is InChI=1S/C11H17ClN2OS/c1-3-4-7-13-11(15)14(2)8-9-5-6-10(12)16-9/h5-6H,3-4,7-8H2,1-2H3,(H,13,15). The fraction of sp³-hybridized carbons (Fsp3) is 0.545. The summed E-state index contributed by atoms with van der Waals surface area (Å²) in [5.41, 5.74) is 0. The molecule has 0 radical (unpaired) electrons. The van der Waals surface area contributed by atoms with Gasteiger partial charge in [0.1, 0.15) is 0 Å². The van der Waals surface area contributed by atoms with E-state index in [-0.39, 0.29) is 6.03 Å². The smallest absolute Gasteiger partial charge is 0.317 e. The highest BCUT2D eigenvalue weighted by Gasteiger charge is 2.09. The van der Waals surface area contributed by atoms with E-state index >= 15 is 0 Å². The minimum Gasteiger partial charge on any atom is -0.338 e. The van der Waals surface area contributed by atoms with Gasteiger partial charge in [-0.15, -0.1) is 11.3 Å². The monoisotopic (exact) mass is 260 g/mol. The predicted molar refractivity (Wildman–Crippen MR) is 69.1 cm³/mol. The third-order valence-electron chi connectivity index (χ3n) is 2.18. The third kappa shape index (κ3) is 4.41. The van der Waals surface area contributed by atoms with Crippen LogP contribution in [0.1, 0.15) is 24.6 Å². The Morgan fingerprint density at radius 3 is 2.88 bits per heavy atom. The van der Waals surface area contributed by atoms with Crippen LogP contribution in [0.2, 0.25) is 4.34 Å². The summed E-state index contributed by atoms with van der Waals surface area (Å²) in [5.74, 6) is 0. The second-order valence-electron chi connectivity index (χ2n) is 3.65. The number of hydrogen-bond donors (Lipinski definition) is 1. The maximum absolute atomic E-state index is 11.6. The van der Waals surface area contributed by atoms with Crippen molar-refractivity contribution in [2.75, 3.05) is 13.6 Å². The lowest BCUT2D eigenvalue weighted by Crippen LogP contribution is -2.37. The maximum atomic E-state index is 11.6. The van der Waals surface area contributed by atoms with E-state index in [9.17, 15) is 4.79 Å². The Morgan fingerprint density at radius 2 is 2.31 bits per heavy atom. The van der Waals surface area contributed by atoms with Crippen molar-refractivity contribution in [2.24, 2.45) is 0 Å². The number of nitrogens with one attached hydrogen (secondary N) is 1. The Bertz CT molecular complexity index is 340. The third-order valence-corrected chi connectivity index (χ3v) is 3.39. The molecular weight excluding hydrogens is 244 g/mol. The molecule has 0 aliphatic carbocycles. The lowest BCUT2D eigenvalue weighted by molar-refractivity contribution is 0.207. The van der Waals surface area contributed by atoms with Crippen LogP contribution in [-0.4, -0.2) is 24.5 Å². The fourth-order valence-electron chi connectivity index (χ4n) is 1.25. The summed E-state index contributed by atoms with van der Waals surface area (Å²) in [5, 5.41) is 2.87. The Balaban J connectivity index is 2.34. The van der Waals surface area contributed by atoms with E-state index in [2.05, 4.69) is 12.2 Å². The summed E-state index contributed by atoms with van der Waals surface area (Å²) < 4.78 is 0.759. The van der Waals surface area contributed by atoms with Gasteiger partial charge in [-0.1, -0.05) is 24.9 Å². The van der Waals surface area contributed by atoms with Crippen molar-refractivity contribution >= 4 is 29.0 Å². The van der Waals surface area contributed by atoms with Gasteiger partial charge in [-0.05, 0) is 18.6 Å². The SMILES string of the molecule is CCCCNC(=O)N(C)Cc1ccc(Cl)s1. The van der Waals surface area contributed by atoms with Crippen molar-refractivity contribution in [2.45, 2.75) is 26.3 Å². The molecule has 90 valence electrons. The van der Waals surface area contributed by atoms with Crippen LogP contribution in [0, 0.1) is 0 Å². The van der Waals surface area contributed by atoms with Gasteiger partial charge in [-0.3, -0.25) is 0 Å². The minimum absolute atomic E-state index is 0.0297. The molecule has 0 bridgehead atoms. The average molecular weight is 261 g/mol. The first-order valence-electron chi connectivity index (χ1n) is 5.36. The molecule has 0 saturated carbocycles. The van der Waals surface area contributed by atoms with Crippen molar-refractivity contribution in [3.8, 4) is 0 Å². The number of rotatable bonds is 5. The summed E-state index contributed by atoms with van der Waals surface area (Å²) in [4.78, 5) is 14.4. The lowest BCUT2D eigenvalue weighted by Gasteiger charge is -2.16. The Hall–Kier alpha value is -0.740. The molecular formula is C11H17ClN2OS.